The van der Waals surface area contributed by atoms with Crippen LogP contribution in [0.25, 0.3) is 0 Å². The van der Waals surface area contributed by atoms with Crippen molar-refractivity contribution in [3.8, 4) is 0 Å². The van der Waals surface area contributed by atoms with Crippen molar-refractivity contribution in [3.05, 3.63) is 52.0 Å². The molecule has 8 nitrogen and oxygen atoms in total. The Bertz CT molecular complexity index is 770. The first-order valence-corrected chi connectivity index (χ1v) is 7.49. The lowest BCUT2D eigenvalue weighted by atomic mass is 10.0. The normalized spacial score (nSPS) is 18.0. The van der Waals surface area contributed by atoms with Crippen LogP contribution in [0.1, 0.15) is 0 Å². The SMILES string of the molecule is O=C(NNC(=O)C1=CC2NON=C2C=C1)Nc1cc(Cl)cc(Cl)c1. The second-order valence-electron chi connectivity index (χ2n) is 4.85. The van der Waals surface area contributed by atoms with Gasteiger partial charge < -0.3 is 5.32 Å². The number of nitrogens with one attached hydrogen (secondary N) is 4. The van der Waals surface area contributed by atoms with Gasteiger partial charge in [0, 0.05) is 21.3 Å². The number of hydroxylamine groups is 1. The van der Waals surface area contributed by atoms with E-state index in [0.29, 0.717) is 27.0 Å². The number of carbonyl (C=O) groups excluding carboxylic acids is 2. The third-order valence-electron chi connectivity index (χ3n) is 3.10. The van der Waals surface area contributed by atoms with Crippen LogP contribution in [0.2, 0.25) is 10.0 Å². The van der Waals surface area contributed by atoms with Crippen LogP contribution in [0.5, 0.6) is 0 Å². The highest BCUT2D eigenvalue weighted by Crippen LogP contribution is 2.22. The van der Waals surface area contributed by atoms with E-state index in [2.05, 4.69) is 26.8 Å². The van der Waals surface area contributed by atoms with Gasteiger partial charge in [0.15, 0.2) is 0 Å². The molecule has 1 atom stereocenters. The van der Waals surface area contributed by atoms with E-state index in [1.165, 1.54) is 18.2 Å². The zero-order valence-corrected chi connectivity index (χ0v) is 13.5. The lowest BCUT2D eigenvalue weighted by Gasteiger charge is -2.13. The van der Waals surface area contributed by atoms with E-state index in [9.17, 15) is 9.59 Å². The number of hydrazine groups is 1. The zero-order valence-electron chi connectivity index (χ0n) is 12.0. The minimum absolute atomic E-state index is 0.293. The average molecular weight is 368 g/mol. The Balaban J connectivity index is 1.54. The van der Waals surface area contributed by atoms with Gasteiger partial charge in [-0.25, -0.2) is 10.2 Å². The van der Waals surface area contributed by atoms with Crippen molar-refractivity contribution in [2.45, 2.75) is 6.04 Å². The molecule has 1 aromatic carbocycles. The van der Waals surface area contributed by atoms with Crippen molar-refractivity contribution in [1.29, 1.82) is 0 Å². The first-order valence-electron chi connectivity index (χ1n) is 6.74. The van der Waals surface area contributed by atoms with E-state index in [0.717, 1.165) is 0 Å². The highest BCUT2D eigenvalue weighted by molar-refractivity contribution is 6.35. The molecule has 2 aliphatic rings. The Morgan fingerprint density at radius 3 is 2.62 bits per heavy atom. The number of hydrogen-bond acceptors (Lipinski definition) is 5. The summed E-state index contributed by atoms with van der Waals surface area (Å²) in [6.07, 6.45) is 4.84. The van der Waals surface area contributed by atoms with E-state index in [-0.39, 0.29) is 6.04 Å². The maximum absolute atomic E-state index is 12.0. The van der Waals surface area contributed by atoms with E-state index in [4.69, 9.17) is 28.1 Å². The first kappa shape index (κ1) is 16.3. The highest BCUT2D eigenvalue weighted by Gasteiger charge is 2.24. The molecule has 0 spiro atoms. The van der Waals surface area contributed by atoms with Crippen molar-refractivity contribution >= 4 is 46.5 Å². The molecule has 24 heavy (non-hydrogen) atoms. The molecule has 3 rings (SSSR count). The maximum Gasteiger partial charge on any atom is 0.337 e. The fraction of sp³-hybridized carbons (Fsp3) is 0.0714. The number of oxime groups is 1. The third kappa shape index (κ3) is 3.85. The number of fused-ring (bicyclic) bond motifs is 1. The van der Waals surface area contributed by atoms with E-state index >= 15 is 0 Å². The van der Waals surface area contributed by atoms with Crippen molar-refractivity contribution in [2.24, 2.45) is 5.16 Å². The molecule has 124 valence electrons. The number of hydrogen-bond donors (Lipinski definition) is 4. The highest BCUT2D eigenvalue weighted by atomic mass is 35.5. The van der Waals surface area contributed by atoms with Crippen molar-refractivity contribution in [1.82, 2.24) is 16.3 Å². The molecule has 1 aromatic rings. The largest absolute Gasteiger partial charge is 0.337 e. The van der Waals surface area contributed by atoms with Gasteiger partial charge >= 0.3 is 6.03 Å². The molecular formula is C14H11Cl2N5O3. The van der Waals surface area contributed by atoms with Crippen LogP contribution < -0.4 is 21.6 Å². The topological polar surface area (TPSA) is 104 Å². The zero-order chi connectivity index (χ0) is 17.1. The average Bonchev–Trinajstić information content (AvgIpc) is 2.99. The fourth-order valence-electron chi connectivity index (χ4n) is 2.04. The molecule has 0 saturated heterocycles. The number of anilines is 1. The summed E-state index contributed by atoms with van der Waals surface area (Å²) in [6.45, 7) is 0. The molecule has 1 aliphatic carbocycles. The number of benzene rings is 1. The van der Waals surface area contributed by atoms with Gasteiger partial charge in [-0.3, -0.25) is 15.2 Å². The van der Waals surface area contributed by atoms with E-state index in [1.807, 2.05) is 0 Å². The van der Waals surface area contributed by atoms with Crippen LogP contribution >= 0.6 is 23.2 Å². The summed E-state index contributed by atoms with van der Waals surface area (Å²) in [7, 11) is 0. The summed E-state index contributed by atoms with van der Waals surface area (Å²) in [5.41, 5.74) is 8.54. The molecule has 3 amide bonds. The van der Waals surface area contributed by atoms with Gasteiger partial charge in [0.2, 0.25) is 0 Å². The minimum atomic E-state index is -0.647. The lowest BCUT2D eigenvalue weighted by molar-refractivity contribution is -0.117. The molecule has 10 heteroatoms. The Hall–Kier alpha value is -2.55. The molecular weight excluding hydrogens is 357 g/mol. The third-order valence-corrected chi connectivity index (χ3v) is 3.54. The number of amides is 3. The number of carbonyl (C=O) groups is 2. The molecule has 1 unspecified atom stereocenters. The van der Waals surface area contributed by atoms with Gasteiger partial charge in [-0.1, -0.05) is 28.4 Å². The van der Waals surface area contributed by atoms with Gasteiger partial charge in [0.1, 0.15) is 11.8 Å². The maximum atomic E-state index is 12.0. The standard InChI is InChI=1S/C14H11Cl2N5O3/c15-8-4-9(16)6-10(5-8)17-14(23)19-18-13(22)7-1-2-11-12(3-7)21-24-20-11/h1-6,12,21H,(H,18,22)(H2,17,19,23). The Labute approximate surface area is 146 Å². The van der Waals surface area contributed by atoms with Crippen molar-refractivity contribution in [3.63, 3.8) is 0 Å². The lowest BCUT2D eigenvalue weighted by Crippen LogP contribution is -2.45. The Morgan fingerprint density at radius 2 is 1.88 bits per heavy atom. The fourth-order valence-corrected chi connectivity index (χ4v) is 2.57. The van der Waals surface area contributed by atoms with Crippen LogP contribution in [-0.2, 0) is 9.73 Å². The molecule has 1 aliphatic heterocycles. The molecule has 1 heterocycles. The van der Waals surface area contributed by atoms with Crippen LogP contribution in [0.3, 0.4) is 0 Å². The number of nitrogens with zero attached hydrogens (tertiary/aromatic N) is 1. The predicted molar refractivity (Wildman–Crippen MR) is 89.4 cm³/mol. The van der Waals surface area contributed by atoms with Gasteiger partial charge in [0.25, 0.3) is 5.91 Å². The van der Waals surface area contributed by atoms with Crippen LogP contribution in [-0.4, -0.2) is 23.7 Å². The van der Waals surface area contributed by atoms with Gasteiger partial charge in [-0.05, 0) is 36.4 Å². The van der Waals surface area contributed by atoms with Crippen molar-refractivity contribution in [2.75, 3.05) is 5.32 Å². The second kappa shape index (κ2) is 6.91. The molecule has 0 fully saturated rings. The van der Waals surface area contributed by atoms with Crippen molar-refractivity contribution < 1.29 is 14.5 Å². The monoisotopic (exact) mass is 367 g/mol. The van der Waals surface area contributed by atoms with E-state index < -0.39 is 11.9 Å². The van der Waals surface area contributed by atoms with Crippen LogP contribution in [0.4, 0.5) is 10.5 Å². The summed E-state index contributed by atoms with van der Waals surface area (Å²) in [5.74, 6) is -0.488. The summed E-state index contributed by atoms with van der Waals surface area (Å²) < 4.78 is 0. The molecule has 0 saturated carbocycles. The Morgan fingerprint density at radius 1 is 1.12 bits per heavy atom. The molecule has 4 N–H and O–H groups in total. The van der Waals surface area contributed by atoms with Gasteiger partial charge in [-0.15, -0.1) is 5.48 Å². The minimum Gasteiger partial charge on any atom is -0.306 e. The molecule has 0 radical (unpaired) electrons. The van der Waals surface area contributed by atoms with Gasteiger partial charge in [0.05, 0.1) is 0 Å². The van der Waals surface area contributed by atoms with Crippen LogP contribution in [0, 0.1) is 0 Å². The van der Waals surface area contributed by atoms with Gasteiger partial charge in [-0.2, -0.15) is 0 Å². The Kier molecular flexibility index (Phi) is 4.70. The number of halogens is 2. The molecule has 0 aromatic heterocycles. The molecule has 0 bridgehead atoms. The smallest absolute Gasteiger partial charge is 0.306 e. The number of urea groups is 1. The summed E-state index contributed by atoms with van der Waals surface area (Å²) in [5, 5.41) is 6.98. The number of rotatable bonds is 2. The quantitative estimate of drug-likeness (QED) is 0.599. The van der Waals surface area contributed by atoms with E-state index in [1.54, 1.807) is 18.2 Å². The summed E-state index contributed by atoms with van der Waals surface area (Å²) >= 11 is 11.7. The van der Waals surface area contributed by atoms with Crippen LogP contribution in [0.15, 0.2) is 47.2 Å². The first-order chi connectivity index (χ1) is 11.5. The summed E-state index contributed by atoms with van der Waals surface area (Å²) in [4.78, 5) is 28.5. The summed E-state index contributed by atoms with van der Waals surface area (Å²) in [6, 6.07) is 3.64. The second-order valence-corrected chi connectivity index (χ2v) is 5.72. The predicted octanol–water partition coefficient (Wildman–Crippen LogP) is 1.90.